The Balaban J connectivity index is 2.10. The number of anilines is 3. The molecule has 20 heavy (non-hydrogen) atoms. The number of urea groups is 1. The second-order valence-corrected chi connectivity index (χ2v) is 4.11. The van der Waals surface area contributed by atoms with Gasteiger partial charge in [-0.3, -0.25) is 10.3 Å². The maximum absolute atomic E-state index is 11.9. The van der Waals surface area contributed by atoms with Crippen LogP contribution >= 0.6 is 0 Å². The Labute approximate surface area is 116 Å². The lowest BCUT2D eigenvalue weighted by atomic mass is 10.2. The summed E-state index contributed by atoms with van der Waals surface area (Å²) in [6, 6.07) is 5.04. The zero-order valence-electron chi connectivity index (χ0n) is 11.2. The van der Waals surface area contributed by atoms with Crippen molar-refractivity contribution in [3.05, 3.63) is 36.2 Å². The van der Waals surface area contributed by atoms with Crippen LogP contribution in [0.4, 0.5) is 22.1 Å². The first-order chi connectivity index (χ1) is 9.58. The highest BCUT2D eigenvalue weighted by Crippen LogP contribution is 2.25. The van der Waals surface area contributed by atoms with Gasteiger partial charge in [0.15, 0.2) is 5.82 Å². The van der Waals surface area contributed by atoms with E-state index in [-0.39, 0.29) is 11.6 Å². The zero-order chi connectivity index (χ0) is 14.5. The Morgan fingerprint density at radius 1 is 1.30 bits per heavy atom. The van der Waals surface area contributed by atoms with E-state index >= 15 is 0 Å². The van der Waals surface area contributed by atoms with Crippen LogP contribution in [0.2, 0.25) is 0 Å². The van der Waals surface area contributed by atoms with Crippen molar-refractivity contribution in [3.63, 3.8) is 0 Å². The Bertz CT molecular complexity index is 630. The molecule has 0 aliphatic heterocycles. The largest absolute Gasteiger partial charge is 0.495 e. The van der Waals surface area contributed by atoms with Crippen LogP contribution < -0.4 is 21.1 Å². The first-order valence-corrected chi connectivity index (χ1v) is 5.88. The van der Waals surface area contributed by atoms with E-state index in [2.05, 4.69) is 20.6 Å². The number of carbonyl (C=O) groups excluding carboxylic acids is 1. The third-order valence-electron chi connectivity index (χ3n) is 2.50. The summed E-state index contributed by atoms with van der Waals surface area (Å²) in [5, 5.41) is 5.23. The van der Waals surface area contributed by atoms with Gasteiger partial charge in [-0.2, -0.15) is 0 Å². The van der Waals surface area contributed by atoms with Gasteiger partial charge >= 0.3 is 6.03 Å². The van der Waals surface area contributed by atoms with Gasteiger partial charge in [-0.05, 0) is 24.6 Å². The zero-order valence-corrected chi connectivity index (χ0v) is 11.2. The molecule has 104 valence electrons. The fraction of sp³-hybridized carbons (Fsp3) is 0.154. The van der Waals surface area contributed by atoms with Crippen LogP contribution in [-0.4, -0.2) is 23.1 Å². The number of ether oxygens (including phenoxy) is 1. The minimum absolute atomic E-state index is 0.232. The number of carbonyl (C=O) groups is 1. The number of nitrogens with one attached hydrogen (secondary N) is 2. The first-order valence-electron chi connectivity index (χ1n) is 5.88. The standard InChI is InChI=1S/C13H15N5O2/c1-8-3-4-10(20-2)9(5-8)16-13(19)18-12-7-15-6-11(14)17-12/h3-7H,1-2H3,(H4,14,16,17,18,19). The fourth-order valence-corrected chi connectivity index (χ4v) is 1.63. The van der Waals surface area contributed by atoms with Crippen LogP contribution in [0.25, 0.3) is 0 Å². The Kier molecular flexibility index (Phi) is 3.99. The van der Waals surface area contributed by atoms with E-state index in [9.17, 15) is 4.79 Å². The lowest BCUT2D eigenvalue weighted by molar-refractivity contribution is 0.262. The molecule has 2 amide bonds. The number of aryl methyl sites for hydroxylation is 1. The smallest absolute Gasteiger partial charge is 0.325 e. The summed E-state index contributed by atoms with van der Waals surface area (Å²) >= 11 is 0. The number of aromatic nitrogens is 2. The highest BCUT2D eigenvalue weighted by atomic mass is 16.5. The number of nitrogens with zero attached hydrogens (tertiary/aromatic N) is 2. The van der Waals surface area contributed by atoms with Gasteiger partial charge in [0.1, 0.15) is 11.6 Å². The van der Waals surface area contributed by atoms with Crippen molar-refractivity contribution in [2.75, 3.05) is 23.5 Å². The van der Waals surface area contributed by atoms with Gasteiger partial charge in [0.2, 0.25) is 0 Å². The summed E-state index contributed by atoms with van der Waals surface area (Å²) < 4.78 is 5.18. The summed E-state index contributed by atoms with van der Waals surface area (Å²) in [7, 11) is 1.54. The molecule has 0 unspecified atom stereocenters. The summed E-state index contributed by atoms with van der Waals surface area (Å²) in [6.45, 7) is 1.92. The van der Waals surface area contributed by atoms with Gasteiger partial charge in [-0.25, -0.2) is 9.78 Å². The lowest BCUT2D eigenvalue weighted by Gasteiger charge is -2.11. The van der Waals surface area contributed by atoms with Gasteiger partial charge < -0.3 is 15.8 Å². The molecule has 0 saturated carbocycles. The number of hydrogen-bond acceptors (Lipinski definition) is 5. The van der Waals surface area contributed by atoms with Gasteiger partial charge in [0, 0.05) is 0 Å². The molecule has 1 aromatic carbocycles. The van der Waals surface area contributed by atoms with E-state index in [0.717, 1.165) is 5.56 Å². The molecule has 1 heterocycles. The maximum Gasteiger partial charge on any atom is 0.325 e. The Hall–Kier alpha value is -2.83. The Morgan fingerprint density at radius 3 is 2.80 bits per heavy atom. The molecule has 0 bridgehead atoms. The molecule has 7 heteroatoms. The van der Waals surface area contributed by atoms with Crippen LogP contribution in [-0.2, 0) is 0 Å². The first kappa shape index (κ1) is 13.6. The van der Waals surface area contributed by atoms with E-state index in [1.165, 1.54) is 19.5 Å². The van der Waals surface area contributed by atoms with Crippen LogP contribution in [0.1, 0.15) is 5.56 Å². The number of methoxy groups -OCH3 is 1. The molecular formula is C13H15N5O2. The van der Waals surface area contributed by atoms with E-state index in [4.69, 9.17) is 10.5 Å². The van der Waals surface area contributed by atoms with Crippen molar-refractivity contribution in [1.29, 1.82) is 0 Å². The number of amides is 2. The normalized spacial score (nSPS) is 9.90. The quantitative estimate of drug-likeness (QED) is 0.794. The monoisotopic (exact) mass is 273 g/mol. The molecule has 0 fully saturated rings. The predicted molar refractivity (Wildman–Crippen MR) is 76.8 cm³/mol. The molecule has 2 aromatic rings. The van der Waals surface area contributed by atoms with Gasteiger partial charge in [0.05, 0.1) is 25.2 Å². The molecule has 0 spiro atoms. The van der Waals surface area contributed by atoms with E-state index in [1.807, 2.05) is 19.1 Å². The van der Waals surface area contributed by atoms with Crippen molar-refractivity contribution in [2.45, 2.75) is 6.92 Å². The topological polar surface area (TPSA) is 102 Å². The average molecular weight is 273 g/mol. The average Bonchev–Trinajstić information content (AvgIpc) is 2.38. The van der Waals surface area contributed by atoms with Crippen LogP contribution in [0.3, 0.4) is 0 Å². The van der Waals surface area contributed by atoms with E-state index in [0.29, 0.717) is 11.4 Å². The summed E-state index contributed by atoms with van der Waals surface area (Å²) in [5.41, 5.74) is 7.06. The molecule has 0 aliphatic rings. The second kappa shape index (κ2) is 5.87. The molecule has 1 aromatic heterocycles. The highest BCUT2D eigenvalue weighted by Gasteiger charge is 2.08. The number of nitrogens with two attached hydrogens (primary N) is 1. The summed E-state index contributed by atoms with van der Waals surface area (Å²) in [5.74, 6) is 1.08. The van der Waals surface area contributed by atoms with E-state index in [1.54, 1.807) is 6.07 Å². The molecule has 2 rings (SSSR count). The number of hydrogen-bond donors (Lipinski definition) is 3. The minimum atomic E-state index is -0.450. The molecule has 7 nitrogen and oxygen atoms in total. The van der Waals surface area contributed by atoms with Gasteiger partial charge in [-0.1, -0.05) is 6.07 Å². The highest BCUT2D eigenvalue weighted by molar-refractivity contribution is 6.00. The SMILES string of the molecule is COc1ccc(C)cc1NC(=O)Nc1cncc(N)n1. The molecule has 4 N–H and O–H groups in total. The van der Waals surface area contributed by atoms with E-state index < -0.39 is 6.03 Å². The van der Waals surface area contributed by atoms with Crippen molar-refractivity contribution in [1.82, 2.24) is 9.97 Å². The number of benzene rings is 1. The van der Waals surface area contributed by atoms with Gasteiger partial charge in [-0.15, -0.1) is 0 Å². The van der Waals surface area contributed by atoms with Crippen LogP contribution in [0.5, 0.6) is 5.75 Å². The molecular weight excluding hydrogens is 258 g/mol. The number of nitrogen functional groups attached to an aromatic ring is 1. The minimum Gasteiger partial charge on any atom is -0.495 e. The molecule has 0 radical (unpaired) electrons. The maximum atomic E-state index is 11.9. The molecule has 0 aliphatic carbocycles. The summed E-state index contributed by atoms with van der Waals surface area (Å²) in [4.78, 5) is 19.7. The molecule has 0 atom stereocenters. The van der Waals surface area contributed by atoms with Gasteiger partial charge in [0.25, 0.3) is 0 Å². The fourth-order valence-electron chi connectivity index (χ4n) is 1.63. The summed E-state index contributed by atoms with van der Waals surface area (Å²) in [6.07, 6.45) is 2.80. The predicted octanol–water partition coefficient (Wildman–Crippen LogP) is 2.02. The lowest BCUT2D eigenvalue weighted by Crippen LogP contribution is -2.20. The third-order valence-corrected chi connectivity index (χ3v) is 2.50. The Morgan fingerprint density at radius 2 is 2.10 bits per heavy atom. The second-order valence-electron chi connectivity index (χ2n) is 4.11. The van der Waals surface area contributed by atoms with Crippen LogP contribution in [0, 0.1) is 6.92 Å². The van der Waals surface area contributed by atoms with Crippen molar-refractivity contribution >= 4 is 23.4 Å². The molecule has 0 saturated heterocycles. The third kappa shape index (κ3) is 3.35. The van der Waals surface area contributed by atoms with Crippen molar-refractivity contribution in [3.8, 4) is 5.75 Å². The van der Waals surface area contributed by atoms with Crippen molar-refractivity contribution < 1.29 is 9.53 Å². The van der Waals surface area contributed by atoms with Crippen molar-refractivity contribution in [2.24, 2.45) is 0 Å². The number of rotatable bonds is 3. The van der Waals surface area contributed by atoms with Crippen LogP contribution in [0.15, 0.2) is 30.6 Å².